The van der Waals surface area contributed by atoms with E-state index in [2.05, 4.69) is 209 Å². The molecular weight excluding hydrogens is 669 g/mol. The van der Waals surface area contributed by atoms with Gasteiger partial charge in [0.2, 0.25) is 0 Å². The number of rotatable bonds is 12. The van der Waals surface area contributed by atoms with E-state index >= 15 is 4.55 Å². The van der Waals surface area contributed by atoms with Gasteiger partial charge in [-0.1, -0.05) is 72.8 Å². The summed E-state index contributed by atoms with van der Waals surface area (Å²) in [5.74, 6) is 0. The molecule has 0 spiro atoms. The average molecular weight is 719 g/mol. The molecule has 0 aliphatic heterocycles. The lowest BCUT2D eigenvalue weighted by Crippen LogP contribution is -2.19. The largest absolute Gasteiger partial charge is 0.611 e. The van der Waals surface area contributed by atoms with Gasteiger partial charge in [-0.05, 0) is 128 Å². The predicted molar refractivity (Wildman–Crippen MR) is 231 cm³/mol. The molecule has 0 saturated carbocycles. The number of hydrogen-bond acceptors (Lipinski definition) is 5. The molecule has 0 amide bonds. The monoisotopic (exact) mass is 718 g/mol. The highest BCUT2D eigenvalue weighted by atomic mass is 32.2. The van der Waals surface area contributed by atoms with Crippen molar-refractivity contribution in [3.05, 3.63) is 174 Å². The fourth-order valence-electron chi connectivity index (χ4n) is 6.42. The molecule has 0 aliphatic carbocycles. The van der Waals surface area contributed by atoms with Gasteiger partial charge in [0.05, 0.1) is 0 Å². The minimum absolute atomic E-state index is 0.481. The Hall–Kier alpha value is -5.43. The maximum Gasteiger partial charge on any atom is 0.159 e. The molecule has 6 rings (SSSR count). The van der Waals surface area contributed by atoms with Crippen molar-refractivity contribution in [1.29, 1.82) is 0 Å². The van der Waals surface area contributed by atoms with Crippen LogP contribution in [0.2, 0.25) is 0 Å². The summed E-state index contributed by atoms with van der Waals surface area (Å²) in [5.41, 5.74) is 10.8. The van der Waals surface area contributed by atoms with Crippen LogP contribution in [0.25, 0.3) is 21.9 Å². The lowest BCUT2D eigenvalue weighted by Gasteiger charge is -2.22. The van der Waals surface area contributed by atoms with Crippen LogP contribution in [0.4, 0.5) is 22.7 Å². The number of anilines is 4. The van der Waals surface area contributed by atoms with Gasteiger partial charge in [0.15, 0.2) is 10.1 Å². The van der Waals surface area contributed by atoms with Crippen molar-refractivity contribution in [2.24, 2.45) is 0 Å². The first-order valence-electron chi connectivity index (χ1n) is 17.9. The van der Waals surface area contributed by atoms with Crippen molar-refractivity contribution in [3.63, 3.8) is 0 Å². The second-order valence-electron chi connectivity index (χ2n) is 14.2. The van der Waals surface area contributed by atoms with Crippen LogP contribution in [-0.2, 0) is 11.2 Å². The van der Waals surface area contributed by atoms with Gasteiger partial charge in [-0.3, -0.25) is 0 Å². The summed E-state index contributed by atoms with van der Waals surface area (Å²) in [5, 5.41) is 1.72. The lowest BCUT2D eigenvalue weighted by molar-refractivity contribution is 0.593. The molecule has 6 aromatic rings. The standard InChI is InChI=1S/C47H50N4OS/c1-48(2)40-22-13-35(14-23-40)46(36-15-24-41(25-16-36)49(3)4)32-45(53(52)44-30-21-34-11-9-10-12-39(34)31-44)33-47(37-17-26-42(27-18-37)50(5)6)38-19-28-43(29-20-38)51(7)8/h9-33,45H,1-8H3. The smallest absolute Gasteiger partial charge is 0.159 e. The van der Waals surface area contributed by atoms with Crippen molar-refractivity contribution in [1.82, 2.24) is 0 Å². The van der Waals surface area contributed by atoms with Crippen LogP contribution in [0.1, 0.15) is 22.3 Å². The summed E-state index contributed by atoms with van der Waals surface area (Å²) in [4.78, 5) is 9.21. The van der Waals surface area contributed by atoms with Gasteiger partial charge in [0.25, 0.3) is 0 Å². The molecule has 270 valence electrons. The van der Waals surface area contributed by atoms with Crippen LogP contribution in [0.5, 0.6) is 0 Å². The fourth-order valence-corrected chi connectivity index (χ4v) is 7.70. The summed E-state index contributed by atoms with van der Waals surface area (Å²) < 4.78 is 15.2. The third-order valence-corrected chi connectivity index (χ3v) is 11.1. The van der Waals surface area contributed by atoms with Crippen LogP contribution in [0.3, 0.4) is 0 Å². The van der Waals surface area contributed by atoms with Crippen molar-refractivity contribution in [2.75, 3.05) is 76.0 Å². The maximum absolute atomic E-state index is 15.2. The third-order valence-electron chi connectivity index (χ3n) is 9.64. The predicted octanol–water partition coefficient (Wildman–Crippen LogP) is 9.84. The molecule has 0 saturated heterocycles. The Morgan fingerprint density at radius 3 is 1.08 bits per heavy atom. The molecule has 0 heterocycles. The van der Waals surface area contributed by atoms with E-state index in [1.165, 1.54) is 0 Å². The Kier molecular flexibility index (Phi) is 11.6. The van der Waals surface area contributed by atoms with Gasteiger partial charge >= 0.3 is 0 Å². The number of hydrogen-bond donors (Lipinski definition) is 0. The second-order valence-corrected chi connectivity index (χ2v) is 15.8. The van der Waals surface area contributed by atoms with Crippen molar-refractivity contribution < 1.29 is 4.55 Å². The van der Waals surface area contributed by atoms with Crippen LogP contribution < -0.4 is 19.6 Å². The Labute approximate surface area is 319 Å². The zero-order chi connectivity index (χ0) is 37.6. The number of fused-ring (bicyclic) bond motifs is 1. The molecule has 0 aliphatic rings. The molecule has 53 heavy (non-hydrogen) atoms. The van der Waals surface area contributed by atoms with Gasteiger partial charge in [-0.2, -0.15) is 0 Å². The summed E-state index contributed by atoms with van der Waals surface area (Å²) in [7, 11) is 16.4. The first-order chi connectivity index (χ1) is 25.5. The van der Waals surface area contributed by atoms with E-state index in [9.17, 15) is 0 Å². The third kappa shape index (κ3) is 8.79. The molecule has 0 bridgehead atoms. The van der Waals surface area contributed by atoms with E-state index in [4.69, 9.17) is 0 Å². The molecule has 6 aromatic carbocycles. The number of nitrogens with zero attached hydrogens (tertiary/aromatic N) is 4. The molecule has 1 unspecified atom stereocenters. The molecule has 5 nitrogen and oxygen atoms in total. The van der Waals surface area contributed by atoms with Gasteiger partial charge in [-0.25, -0.2) is 0 Å². The zero-order valence-corrected chi connectivity index (χ0v) is 32.9. The molecule has 6 heteroatoms. The summed E-state index contributed by atoms with van der Waals surface area (Å²) in [6.07, 6.45) is 4.42. The minimum atomic E-state index is -1.45. The van der Waals surface area contributed by atoms with Crippen LogP contribution in [0.15, 0.2) is 157 Å². The number of benzene rings is 6. The van der Waals surface area contributed by atoms with Crippen molar-refractivity contribution >= 4 is 55.8 Å². The Balaban J connectivity index is 1.60. The quantitative estimate of drug-likeness (QED) is 0.118. The molecular formula is C47H50N4OS. The van der Waals surface area contributed by atoms with E-state index in [-0.39, 0.29) is 0 Å². The minimum Gasteiger partial charge on any atom is -0.611 e. The molecule has 0 radical (unpaired) electrons. The van der Waals surface area contributed by atoms with E-state index in [0.29, 0.717) is 0 Å². The van der Waals surface area contributed by atoms with Crippen LogP contribution >= 0.6 is 0 Å². The SMILES string of the molecule is CN(C)c1ccc(C(=CC(C=C(c2ccc(N(C)C)cc2)c2ccc(N(C)C)cc2)[S+]([O-])c2ccc3ccccc3c2)c2ccc(N(C)C)cc2)cc1. The molecule has 1 atom stereocenters. The van der Waals surface area contributed by atoms with Crippen molar-refractivity contribution in [2.45, 2.75) is 10.1 Å². The highest BCUT2D eigenvalue weighted by molar-refractivity contribution is 7.92. The normalized spacial score (nSPS) is 11.6. The van der Waals surface area contributed by atoms with Gasteiger partial charge in [-0.15, -0.1) is 0 Å². The second kappa shape index (κ2) is 16.5. The Bertz CT molecular complexity index is 1960. The van der Waals surface area contributed by atoms with Gasteiger partial charge < -0.3 is 24.2 Å². The fraction of sp³-hybridized carbons (Fsp3) is 0.191. The van der Waals surface area contributed by atoms with Crippen molar-refractivity contribution in [3.8, 4) is 0 Å². The molecule has 0 aromatic heterocycles. The van der Waals surface area contributed by atoms with E-state index < -0.39 is 16.4 Å². The Morgan fingerprint density at radius 2 is 0.755 bits per heavy atom. The highest BCUT2D eigenvalue weighted by Gasteiger charge is 2.25. The highest BCUT2D eigenvalue weighted by Crippen LogP contribution is 2.34. The van der Waals surface area contributed by atoms with Crippen LogP contribution in [-0.4, -0.2) is 66.2 Å². The van der Waals surface area contributed by atoms with E-state index in [1.54, 1.807) is 0 Å². The molecule has 0 N–H and O–H groups in total. The zero-order valence-electron chi connectivity index (χ0n) is 32.1. The summed E-state index contributed by atoms with van der Waals surface area (Å²) >= 11 is -1.45. The molecule has 0 fully saturated rings. The maximum atomic E-state index is 15.2. The van der Waals surface area contributed by atoms with E-state index in [1.807, 2.05) is 18.2 Å². The lowest BCUT2D eigenvalue weighted by atomic mass is 9.93. The topological polar surface area (TPSA) is 36.0 Å². The van der Waals surface area contributed by atoms with Gasteiger partial charge in [0.1, 0.15) is 0 Å². The van der Waals surface area contributed by atoms with Gasteiger partial charge in [0, 0.05) is 85.2 Å². The Morgan fingerprint density at radius 1 is 0.434 bits per heavy atom. The first kappa shape index (κ1) is 37.3. The average Bonchev–Trinajstić information content (AvgIpc) is 3.18. The summed E-state index contributed by atoms with van der Waals surface area (Å²) in [6, 6.07) is 48.9. The van der Waals surface area contributed by atoms with E-state index in [0.717, 1.165) is 71.8 Å². The van der Waals surface area contributed by atoms with Crippen LogP contribution in [0, 0.1) is 0 Å². The summed E-state index contributed by atoms with van der Waals surface area (Å²) in [6.45, 7) is 0. The first-order valence-corrected chi connectivity index (χ1v) is 19.1.